The number of nitrogens with zero attached hydrogens (tertiary/aromatic N) is 1. The van der Waals surface area contributed by atoms with E-state index in [1.54, 1.807) is 12.1 Å². The van der Waals surface area contributed by atoms with Gasteiger partial charge in [0.15, 0.2) is 0 Å². The fraction of sp³-hybridized carbons (Fsp3) is 0.381. The van der Waals surface area contributed by atoms with Crippen molar-refractivity contribution in [3.05, 3.63) is 59.4 Å². The van der Waals surface area contributed by atoms with E-state index in [9.17, 15) is 17.6 Å². The van der Waals surface area contributed by atoms with Crippen LogP contribution in [0.1, 0.15) is 42.1 Å². The molecule has 0 radical (unpaired) electrons. The van der Waals surface area contributed by atoms with Crippen LogP contribution in [-0.2, 0) is 14.8 Å². The number of sulfonamides is 1. The fourth-order valence-corrected chi connectivity index (χ4v) is 4.54. The van der Waals surface area contributed by atoms with Crippen molar-refractivity contribution in [2.45, 2.75) is 31.1 Å². The van der Waals surface area contributed by atoms with Gasteiger partial charge in [-0.25, -0.2) is 12.8 Å². The van der Waals surface area contributed by atoms with Crippen LogP contribution in [0.3, 0.4) is 0 Å². The Labute approximate surface area is 170 Å². The molecule has 29 heavy (non-hydrogen) atoms. The highest BCUT2D eigenvalue weighted by Gasteiger charge is 2.28. The van der Waals surface area contributed by atoms with Crippen LogP contribution < -0.4 is 5.32 Å². The summed E-state index contributed by atoms with van der Waals surface area (Å²) in [7, 11) is -3.82. The first-order valence-electron chi connectivity index (χ1n) is 9.61. The Morgan fingerprint density at radius 3 is 2.45 bits per heavy atom. The quantitative estimate of drug-likeness (QED) is 0.775. The van der Waals surface area contributed by atoms with Gasteiger partial charge in [-0.05, 0) is 48.2 Å². The van der Waals surface area contributed by atoms with Crippen LogP contribution in [-0.4, -0.2) is 44.9 Å². The van der Waals surface area contributed by atoms with Crippen molar-refractivity contribution in [3.8, 4) is 0 Å². The lowest BCUT2D eigenvalue weighted by Crippen LogP contribution is -2.40. The Hall–Kier alpha value is -2.29. The van der Waals surface area contributed by atoms with Gasteiger partial charge in [-0.1, -0.05) is 26.0 Å². The number of amides is 1. The molecule has 0 bridgehead atoms. The monoisotopic (exact) mass is 420 g/mol. The molecule has 1 atom stereocenters. The molecular weight excluding hydrogens is 395 g/mol. The van der Waals surface area contributed by atoms with Crippen molar-refractivity contribution in [2.24, 2.45) is 0 Å². The average Bonchev–Trinajstić information content (AvgIpc) is 2.74. The lowest BCUT2D eigenvalue weighted by atomic mass is 9.98. The second-order valence-corrected chi connectivity index (χ2v) is 8.98. The van der Waals surface area contributed by atoms with Crippen LogP contribution in [0.25, 0.3) is 0 Å². The van der Waals surface area contributed by atoms with Crippen molar-refractivity contribution in [1.29, 1.82) is 0 Å². The van der Waals surface area contributed by atoms with Crippen molar-refractivity contribution in [2.75, 3.05) is 31.6 Å². The summed E-state index contributed by atoms with van der Waals surface area (Å²) in [5.74, 6) is -1.07. The first kappa shape index (κ1) is 21.4. The molecule has 2 aromatic rings. The molecule has 1 aliphatic rings. The molecule has 1 saturated heterocycles. The minimum atomic E-state index is -3.82. The van der Waals surface area contributed by atoms with Gasteiger partial charge >= 0.3 is 0 Å². The molecule has 1 fully saturated rings. The molecule has 1 heterocycles. The first-order valence-corrected chi connectivity index (χ1v) is 11.1. The summed E-state index contributed by atoms with van der Waals surface area (Å²) in [6, 6.07) is 10.6. The van der Waals surface area contributed by atoms with Crippen molar-refractivity contribution < 1.29 is 22.3 Å². The van der Waals surface area contributed by atoms with Crippen LogP contribution >= 0.6 is 0 Å². The second-order valence-electron chi connectivity index (χ2n) is 7.04. The molecule has 2 aromatic carbocycles. The normalized spacial score (nSPS) is 16.4. The summed E-state index contributed by atoms with van der Waals surface area (Å²) in [4.78, 5) is 12.5. The molecule has 0 spiro atoms. The van der Waals surface area contributed by atoms with E-state index in [2.05, 4.69) is 19.2 Å². The summed E-state index contributed by atoms with van der Waals surface area (Å²) < 4.78 is 46.3. The third-order valence-corrected chi connectivity index (χ3v) is 7.03. The zero-order valence-electron chi connectivity index (χ0n) is 16.5. The molecular formula is C21H25FN2O4S. The fourth-order valence-electron chi connectivity index (χ4n) is 3.10. The maximum atomic E-state index is 14.3. The molecule has 8 heteroatoms. The van der Waals surface area contributed by atoms with E-state index in [1.807, 2.05) is 12.1 Å². The van der Waals surface area contributed by atoms with Gasteiger partial charge in [-0.2, -0.15) is 4.31 Å². The molecule has 0 unspecified atom stereocenters. The van der Waals surface area contributed by atoms with E-state index in [1.165, 1.54) is 10.4 Å². The SMILES string of the molecule is CC[C@H](C)c1ccc(NC(=O)c2cc(S(=O)(=O)N3CCOCC3)ccc2F)cc1. The summed E-state index contributed by atoms with van der Waals surface area (Å²) >= 11 is 0. The number of halogens is 1. The topological polar surface area (TPSA) is 75.7 Å². The summed E-state index contributed by atoms with van der Waals surface area (Å²) in [5.41, 5.74) is 1.35. The molecule has 1 aliphatic heterocycles. The van der Waals surface area contributed by atoms with Gasteiger partial charge < -0.3 is 10.1 Å². The van der Waals surface area contributed by atoms with Gasteiger partial charge in [0, 0.05) is 18.8 Å². The molecule has 0 aliphatic carbocycles. The number of carbonyl (C=O) groups is 1. The lowest BCUT2D eigenvalue weighted by Gasteiger charge is -2.26. The minimum absolute atomic E-state index is 0.113. The highest BCUT2D eigenvalue weighted by molar-refractivity contribution is 7.89. The minimum Gasteiger partial charge on any atom is -0.379 e. The van der Waals surface area contributed by atoms with Crippen molar-refractivity contribution in [3.63, 3.8) is 0 Å². The first-order chi connectivity index (χ1) is 13.8. The Bertz CT molecular complexity index is 971. The molecule has 0 aromatic heterocycles. The van der Waals surface area contributed by atoms with E-state index in [4.69, 9.17) is 4.74 Å². The Balaban J connectivity index is 1.81. The molecule has 6 nitrogen and oxygen atoms in total. The van der Waals surface area contributed by atoms with Crippen LogP contribution in [0, 0.1) is 5.82 Å². The number of morpholine rings is 1. The van der Waals surface area contributed by atoms with E-state index < -0.39 is 21.7 Å². The number of ether oxygens (including phenoxy) is 1. The highest BCUT2D eigenvalue weighted by atomic mass is 32.2. The Kier molecular flexibility index (Phi) is 6.66. The summed E-state index contributed by atoms with van der Waals surface area (Å²) in [6.07, 6.45) is 1.00. The van der Waals surface area contributed by atoms with E-state index >= 15 is 0 Å². The zero-order chi connectivity index (χ0) is 21.0. The van der Waals surface area contributed by atoms with Gasteiger partial charge in [-0.3, -0.25) is 4.79 Å². The van der Waals surface area contributed by atoms with Crippen LogP contribution in [0.2, 0.25) is 0 Å². The standard InChI is InChI=1S/C21H25FN2O4S/c1-3-15(2)16-4-6-17(7-5-16)23-21(25)19-14-18(8-9-20(19)22)29(26,27)24-10-12-28-13-11-24/h4-9,14-15H,3,10-13H2,1-2H3,(H,23,25)/t15-/m0/s1. The van der Waals surface area contributed by atoms with Crippen molar-refractivity contribution >= 4 is 21.6 Å². The molecule has 156 valence electrons. The summed E-state index contributed by atoms with van der Waals surface area (Å²) in [5, 5.41) is 2.63. The maximum Gasteiger partial charge on any atom is 0.258 e. The predicted molar refractivity (Wildman–Crippen MR) is 109 cm³/mol. The van der Waals surface area contributed by atoms with Crippen molar-refractivity contribution in [1.82, 2.24) is 4.31 Å². The van der Waals surface area contributed by atoms with Crippen LogP contribution in [0.15, 0.2) is 47.4 Å². The Morgan fingerprint density at radius 2 is 1.83 bits per heavy atom. The Morgan fingerprint density at radius 1 is 1.17 bits per heavy atom. The van der Waals surface area contributed by atoms with Crippen LogP contribution in [0.4, 0.5) is 10.1 Å². The molecule has 1 amide bonds. The molecule has 3 rings (SSSR count). The third kappa shape index (κ3) is 4.83. The number of hydrogen-bond donors (Lipinski definition) is 1. The predicted octanol–water partition coefficient (Wildman–Crippen LogP) is 3.61. The molecule has 0 saturated carbocycles. The number of carbonyl (C=O) groups excluding carboxylic acids is 1. The largest absolute Gasteiger partial charge is 0.379 e. The van der Waals surface area contributed by atoms with Gasteiger partial charge in [0.2, 0.25) is 10.0 Å². The second kappa shape index (κ2) is 9.02. The van der Waals surface area contributed by atoms with Gasteiger partial charge in [0.25, 0.3) is 5.91 Å². The zero-order valence-corrected chi connectivity index (χ0v) is 17.3. The number of benzene rings is 2. The molecule has 1 N–H and O–H groups in total. The highest BCUT2D eigenvalue weighted by Crippen LogP contribution is 2.23. The van der Waals surface area contributed by atoms with E-state index in [0.29, 0.717) is 24.8 Å². The van der Waals surface area contributed by atoms with Gasteiger partial charge in [0.05, 0.1) is 23.7 Å². The number of anilines is 1. The average molecular weight is 421 g/mol. The summed E-state index contributed by atoms with van der Waals surface area (Å²) in [6.45, 7) is 5.28. The van der Waals surface area contributed by atoms with E-state index in [-0.39, 0.29) is 23.5 Å². The van der Waals surface area contributed by atoms with Gasteiger partial charge in [0.1, 0.15) is 5.82 Å². The number of rotatable bonds is 6. The van der Waals surface area contributed by atoms with E-state index in [0.717, 1.165) is 24.1 Å². The smallest absolute Gasteiger partial charge is 0.258 e. The maximum absolute atomic E-state index is 14.3. The number of nitrogens with one attached hydrogen (secondary N) is 1. The lowest BCUT2D eigenvalue weighted by molar-refractivity contribution is 0.0730. The van der Waals surface area contributed by atoms with Crippen LogP contribution in [0.5, 0.6) is 0 Å². The number of hydrogen-bond acceptors (Lipinski definition) is 4. The van der Waals surface area contributed by atoms with Gasteiger partial charge in [-0.15, -0.1) is 0 Å². The third-order valence-electron chi connectivity index (χ3n) is 5.14.